The van der Waals surface area contributed by atoms with Gasteiger partial charge in [-0.05, 0) is 42.4 Å². The standard InChI is InChI=1S/C22H21N3O2S2/c1-5-12-25-20(26)19(29-22(25)23-16-9-7-6-8-14(16)2)21-24(3)17-13-15(27-4)10-11-18(17)28-21/h5-11,13H,1,12H2,2-4H3. The number of thioether (sulfide) groups is 2. The van der Waals surface area contributed by atoms with Crippen molar-refractivity contribution < 1.29 is 9.53 Å². The number of aryl methyl sites for hydroxylation is 1. The van der Waals surface area contributed by atoms with Gasteiger partial charge in [0.1, 0.15) is 10.7 Å². The topological polar surface area (TPSA) is 45.1 Å². The van der Waals surface area contributed by atoms with Crippen LogP contribution in [0.15, 0.2) is 74.9 Å². The number of aliphatic imine (C=N–C) groups is 1. The van der Waals surface area contributed by atoms with Crippen LogP contribution < -0.4 is 9.64 Å². The Kier molecular flexibility index (Phi) is 5.43. The fourth-order valence-electron chi connectivity index (χ4n) is 3.15. The van der Waals surface area contributed by atoms with Crippen molar-refractivity contribution in [1.82, 2.24) is 4.90 Å². The van der Waals surface area contributed by atoms with Gasteiger partial charge in [0.2, 0.25) is 0 Å². The second-order valence-electron chi connectivity index (χ2n) is 6.62. The highest BCUT2D eigenvalue weighted by molar-refractivity contribution is 8.19. The van der Waals surface area contributed by atoms with Crippen molar-refractivity contribution in [3.05, 3.63) is 70.6 Å². The first kappa shape index (κ1) is 19.7. The largest absolute Gasteiger partial charge is 0.497 e. The van der Waals surface area contributed by atoms with Crippen molar-refractivity contribution in [3.63, 3.8) is 0 Å². The van der Waals surface area contributed by atoms with Crippen LogP contribution in [-0.4, -0.2) is 36.7 Å². The van der Waals surface area contributed by atoms with Crippen molar-refractivity contribution >= 4 is 46.0 Å². The third kappa shape index (κ3) is 3.56. The van der Waals surface area contributed by atoms with E-state index >= 15 is 0 Å². The SMILES string of the molecule is C=CCN1C(=O)C(=C2Sc3ccc(OC)cc3N2C)SC1=Nc1ccccc1C. The van der Waals surface area contributed by atoms with Gasteiger partial charge >= 0.3 is 0 Å². The maximum absolute atomic E-state index is 13.2. The van der Waals surface area contributed by atoms with E-state index in [1.165, 1.54) is 11.8 Å². The maximum Gasteiger partial charge on any atom is 0.269 e. The zero-order chi connectivity index (χ0) is 20.5. The van der Waals surface area contributed by atoms with Gasteiger partial charge in [-0.1, -0.05) is 36.0 Å². The minimum absolute atomic E-state index is 0.0450. The first-order valence-electron chi connectivity index (χ1n) is 9.12. The Morgan fingerprint density at radius 1 is 1.21 bits per heavy atom. The van der Waals surface area contributed by atoms with Crippen LogP contribution in [-0.2, 0) is 4.79 Å². The molecule has 1 saturated heterocycles. The zero-order valence-corrected chi connectivity index (χ0v) is 18.1. The van der Waals surface area contributed by atoms with Crippen LogP contribution in [0.5, 0.6) is 5.75 Å². The Labute approximate surface area is 179 Å². The second kappa shape index (κ2) is 8.00. The Morgan fingerprint density at radius 2 is 2.00 bits per heavy atom. The van der Waals surface area contributed by atoms with E-state index in [2.05, 4.69) is 6.58 Å². The summed E-state index contributed by atoms with van der Waals surface area (Å²) < 4.78 is 5.35. The molecule has 2 aliphatic heterocycles. The average molecular weight is 424 g/mol. The molecule has 0 bridgehead atoms. The normalized spacial score (nSPS) is 19.8. The fraction of sp³-hybridized carbons (Fsp3) is 0.182. The molecule has 0 unspecified atom stereocenters. The van der Waals surface area contributed by atoms with Crippen LogP contribution in [0.25, 0.3) is 0 Å². The van der Waals surface area contributed by atoms with Gasteiger partial charge in [0.25, 0.3) is 5.91 Å². The summed E-state index contributed by atoms with van der Waals surface area (Å²) >= 11 is 3.01. The van der Waals surface area contributed by atoms with Crippen molar-refractivity contribution in [1.29, 1.82) is 0 Å². The molecule has 2 aromatic rings. The number of carbonyl (C=O) groups is 1. The number of amidine groups is 1. The lowest BCUT2D eigenvalue weighted by atomic mass is 10.2. The van der Waals surface area contributed by atoms with Gasteiger partial charge in [-0.15, -0.1) is 6.58 Å². The van der Waals surface area contributed by atoms with E-state index in [1.807, 2.05) is 61.3 Å². The number of nitrogens with zero attached hydrogens (tertiary/aromatic N) is 3. The molecule has 0 spiro atoms. The number of ether oxygens (including phenoxy) is 1. The highest BCUT2D eigenvalue weighted by atomic mass is 32.2. The number of rotatable bonds is 4. The molecule has 0 atom stereocenters. The molecular weight excluding hydrogens is 402 g/mol. The van der Waals surface area contributed by atoms with Crippen molar-refractivity contribution in [2.24, 2.45) is 4.99 Å². The smallest absolute Gasteiger partial charge is 0.269 e. The third-order valence-corrected chi connectivity index (χ3v) is 7.17. The Bertz CT molecular complexity index is 1060. The number of hydrogen-bond donors (Lipinski definition) is 0. The Hall–Kier alpha value is -2.64. The fourth-order valence-corrected chi connectivity index (χ4v) is 5.48. The van der Waals surface area contributed by atoms with Crippen LogP contribution >= 0.6 is 23.5 Å². The van der Waals surface area contributed by atoms with E-state index in [4.69, 9.17) is 9.73 Å². The molecule has 2 aliphatic rings. The number of benzene rings is 2. The second-order valence-corrected chi connectivity index (χ2v) is 8.62. The summed E-state index contributed by atoms with van der Waals surface area (Å²) in [7, 11) is 3.63. The molecule has 7 heteroatoms. The highest BCUT2D eigenvalue weighted by Gasteiger charge is 2.38. The molecular formula is C22H21N3O2S2. The van der Waals surface area contributed by atoms with Gasteiger partial charge in [0, 0.05) is 24.6 Å². The first-order chi connectivity index (χ1) is 14.0. The summed E-state index contributed by atoms with van der Waals surface area (Å²) in [6.07, 6.45) is 1.73. The summed E-state index contributed by atoms with van der Waals surface area (Å²) in [5.74, 6) is 0.749. The predicted molar refractivity (Wildman–Crippen MR) is 122 cm³/mol. The van der Waals surface area contributed by atoms with Crippen molar-refractivity contribution in [2.75, 3.05) is 25.6 Å². The molecule has 0 radical (unpaired) electrons. The monoisotopic (exact) mass is 423 g/mol. The third-order valence-electron chi connectivity index (χ3n) is 4.74. The molecule has 1 fully saturated rings. The van der Waals surface area contributed by atoms with Gasteiger partial charge in [-0.2, -0.15) is 0 Å². The number of methoxy groups -OCH3 is 1. The molecule has 4 rings (SSSR count). The summed E-state index contributed by atoms with van der Waals surface area (Å²) in [6.45, 7) is 6.24. The number of amides is 1. The number of fused-ring (bicyclic) bond motifs is 1. The highest BCUT2D eigenvalue weighted by Crippen LogP contribution is 2.51. The van der Waals surface area contributed by atoms with E-state index < -0.39 is 0 Å². The first-order valence-corrected chi connectivity index (χ1v) is 10.8. The van der Waals surface area contributed by atoms with Gasteiger partial charge in [0.15, 0.2) is 5.17 Å². The van der Waals surface area contributed by atoms with Gasteiger partial charge < -0.3 is 9.64 Å². The van der Waals surface area contributed by atoms with E-state index in [0.29, 0.717) is 16.6 Å². The molecule has 0 N–H and O–H groups in total. The predicted octanol–water partition coefficient (Wildman–Crippen LogP) is 5.16. The van der Waals surface area contributed by atoms with E-state index in [1.54, 1.807) is 29.8 Å². The quantitative estimate of drug-likeness (QED) is 0.502. The minimum Gasteiger partial charge on any atom is -0.497 e. The van der Waals surface area contributed by atoms with Gasteiger partial charge in [-0.25, -0.2) is 4.99 Å². The van der Waals surface area contributed by atoms with Gasteiger partial charge in [-0.3, -0.25) is 9.69 Å². The molecule has 5 nitrogen and oxygen atoms in total. The molecule has 2 heterocycles. The van der Waals surface area contributed by atoms with Crippen LogP contribution in [0.1, 0.15) is 5.56 Å². The van der Waals surface area contributed by atoms with E-state index in [9.17, 15) is 4.79 Å². The molecule has 29 heavy (non-hydrogen) atoms. The van der Waals surface area contributed by atoms with Crippen molar-refractivity contribution in [3.8, 4) is 5.75 Å². The molecule has 0 aromatic heterocycles. The molecule has 0 saturated carbocycles. The lowest BCUT2D eigenvalue weighted by Crippen LogP contribution is -2.29. The van der Waals surface area contributed by atoms with E-state index in [0.717, 1.165) is 32.6 Å². The number of hydrogen-bond acceptors (Lipinski definition) is 6. The summed E-state index contributed by atoms with van der Waals surface area (Å²) in [5, 5.41) is 1.58. The van der Waals surface area contributed by atoms with Crippen LogP contribution in [0.3, 0.4) is 0 Å². The summed E-state index contributed by atoms with van der Waals surface area (Å²) in [5.41, 5.74) is 2.97. The number of anilines is 1. The summed E-state index contributed by atoms with van der Waals surface area (Å²) in [6, 6.07) is 13.9. The van der Waals surface area contributed by atoms with Crippen molar-refractivity contribution in [2.45, 2.75) is 11.8 Å². The molecule has 0 aliphatic carbocycles. The Morgan fingerprint density at radius 3 is 2.72 bits per heavy atom. The average Bonchev–Trinajstić information content (AvgIpc) is 3.21. The van der Waals surface area contributed by atoms with Gasteiger partial charge in [0.05, 0.1) is 23.5 Å². The number of carbonyl (C=O) groups excluding carboxylic acids is 1. The lowest BCUT2D eigenvalue weighted by molar-refractivity contribution is -0.121. The number of para-hydroxylation sites is 1. The van der Waals surface area contributed by atoms with E-state index in [-0.39, 0.29) is 5.91 Å². The lowest BCUT2D eigenvalue weighted by Gasteiger charge is -2.16. The van der Waals surface area contributed by atoms with Crippen LogP contribution in [0, 0.1) is 6.92 Å². The van der Waals surface area contributed by atoms with Crippen LogP contribution in [0.2, 0.25) is 0 Å². The zero-order valence-electron chi connectivity index (χ0n) is 16.5. The molecule has 1 amide bonds. The summed E-state index contributed by atoms with van der Waals surface area (Å²) in [4.78, 5) is 23.5. The minimum atomic E-state index is -0.0450. The Balaban J connectivity index is 1.75. The maximum atomic E-state index is 13.2. The molecule has 2 aromatic carbocycles. The van der Waals surface area contributed by atoms with Crippen LogP contribution in [0.4, 0.5) is 11.4 Å². The molecule has 148 valence electrons.